The summed E-state index contributed by atoms with van der Waals surface area (Å²) < 4.78 is 0. The van der Waals surface area contributed by atoms with Crippen molar-refractivity contribution in [2.75, 3.05) is 24.5 Å². The first kappa shape index (κ1) is 16.8. The molecule has 0 N–H and O–H groups in total. The average molecular weight is 340 g/mol. The number of piperazine rings is 1. The van der Waals surface area contributed by atoms with Gasteiger partial charge in [0.1, 0.15) is 6.07 Å². The highest BCUT2D eigenvalue weighted by Gasteiger charge is 2.33. The van der Waals surface area contributed by atoms with Crippen molar-refractivity contribution in [1.29, 1.82) is 5.26 Å². The van der Waals surface area contributed by atoms with Crippen LogP contribution in [-0.4, -0.2) is 30.1 Å². The molecule has 0 atom stereocenters. The van der Waals surface area contributed by atoms with Crippen molar-refractivity contribution in [3.8, 4) is 6.07 Å². The van der Waals surface area contributed by atoms with Crippen molar-refractivity contribution in [3.63, 3.8) is 0 Å². The lowest BCUT2D eigenvalue weighted by Crippen LogP contribution is -2.59. The van der Waals surface area contributed by atoms with Gasteiger partial charge in [-0.05, 0) is 37.6 Å². The van der Waals surface area contributed by atoms with Crippen LogP contribution in [0.3, 0.4) is 0 Å². The Morgan fingerprint density at radius 3 is 2.50 bits per heavy atom. The summed E-state index contributed by atoms with van der Waals surface area (Å²) in [5.74, 6) is 0. The standard InChI is InChI=1S/C20H22ClN3/c1-20(2)15-23(14-16-6-4-3-5-7-16)10-11-24(20)18-9-8-17(13-22)19(21)12-18/h3-9,12H,10-11,14-15H2,1-2H3. The Balaban J connectivity index is 1.74. The smallest absolute Gasteiger partial charge is 0.101 e. The van der Waals surface area contributed by atoms with Crippen LogP contribution < -0.4 is 4.90 Å². The lowest BCUT2D eigenvalue weighted by Gasteiger charge is -2.48. The lowest BCUT2D eigenvalue weighted by atomic mass is 9.97. The Morgan fingerprint density at radius 2 is 1.88 bits per heavy atom. The van der Waals surface area contributed by atoms with Gasteiger partial charge in [-0.3, -0.25) is 4.90 Å². The molecule has 0 spiro atoms. The zero-order valence-electron chi connectivity index (χ0n) is 14.2. The van der Waals surface area contributed by atoms with Gasteiger partial charge in [-0.15, -0.1) is 0 Å². The monoisotopic (exact) mass is 339 g/mol. The number of nitrogens with zero attached hydrogens (tertiary/aromatic N) is 3. The molecular formula is C20H22ClN3. The zero-order chi connectivity index (χ0) is 17.2. The quantitative estimate of drug-likeness (QED) is 0.834. The number of halogens is 1. The van der Waals surface area contributed by atoms with E-state index in [1.807, 2.05) is 18.2 Å². The van der Waals surface area contributed by atoms with Crippen molar-refractivity contribution in [2.45, 2.75) is 25.9 Å². The fourth-order valence-corrected chi connectivity index (χ4v) is 3.69. The molecule has 0 amide bonds. The van der Waals surface area contributed by atoms with Crippen LogP contribution in [0.5, 0.6) is 0 Å². The molecule has 4 heteroatoms. The minimum Gasteiger partial charge on any atom is -0.364 e. The van der Waals surface area contributed by atoms with Gasteiger partial charge in [-0.25, -0.2) is 0 Å². The maximum absolute atomic E-state index is 9.04. The first-order valence-electron chi connectivity index (χ1n) is 8.23. The lowest BCUT2D eigenvalue weighted by molar-refractivity contribution is 0.176. The molecule has 0 saturated carbocycles. The Morgan fingerprint density at radius 1 is 1.12 bits per heavy atom. The number of hydrogen-bond donors (Lipinski definition) is 0. The summed E-state index contributed by atoms with van der Waals surface area (Å²) >= 11 is 6.22. The van der Waals surface area contributed by atoms with Gasteiger partial charge in [0.2, 0.25) is 0 Å². The largest absolute Gasteiger partial charge is 0.364 e. The van der Waals surface area contributed by atoms with Crippen LogP contribution in [0.1, 0.15) is 25.0 Å². The predicted octanol–water partition coefficient (Wildman–Crippen LogP) is 4.31. The van der Waals surface area contributed by atoms with E-state index in [0.29, 0.717) is 10.6 Å². The molecule has 1 aliphatic rings. The van der Waals surface area contributed by atoms with Gasteiger partial charge in [0.15, 0.2) is 0 Å². The Labute approximate surface area is 149 Å². The third-order valence-corrected chi connectivity index (χ3v) is 4.93. The summed E-state index contributed by atoms with van der Waals surface area (Å²) in [6.45, 7) is 8.44. The Bertz CT molecular complexity index is 749. The molecule has 2 aromatic rings. The first-order valence-corrected chi connectivity index (χ1v) is 8.61. The Kier molecular flexibility index (Phi) is 4.80. The van der Waals surface area contributed by atoms with Crippen molar-refractivity contribution in [2.24, 2.45) is 0 Å². The molecule has 124 valence electrons. The number of benzene rings is 2. The minimum atomic E-state index is 0.00448. The first-order chi connectivity index (χ1) is 11.5. The summed E-state index contributed by atoms with van der Waals surface area (Å²) in [6, 6.07) is 18.4. The van der Waals surface area contributed by atoms with Crippen LogP contribution in [0, 0.1) is 11.3 Å². The summed E-state index contributed by atoms with van der Waals surface area (Å²) in [5.41, 5.74) is 2.97. The summed E-state index contributed by atoms with van der Waals surface area (Å²) in [6.07, 6.45) is 0. The van der Waals surface area contributed by atoms with Crippen LogP contribution >= 0.6 is 11.6 Å². The third-order valence-electron chi connectivity index (χ3n) is 4.61. The van der Waals surface area contributed by atoms with Crippen LogP contribution in [0.4, 0.5) is 5.69 Å². The van der Waals surface area contributed by atoms with E-state index in [1.165, 1.54) is 5.56 Å². The molecule has 0 aromatic heterocycles. The van der Waals surface area contributed by atoms with Gasteiger partial charge in [0.25, 0.3) is 0 Å². The molecule has 1 heterocycles. The maximum atomic E-state index is 9.04. The summed E-state index contributed by atoms with van der Waals surface area (Å²) in [5, 5.41) is 9.57. The van der Waals surface area contributed by atoms with Crippen LogP contribution in [-0.2, 0) is 6.54 Å². The second-order valence-corrected chi connectivity index (χ2v) is 7.34. The highest BCUT2D eigenvalue weighted by molar-refractivity contribution is 6.32. The molecular weight excluding hydrogens is 318 g/mol. The third kappa shape index (κ3) is 3.56. The minimum absolute atomic E-state index is 0.00448. The van der Waals surface area contributed by atoms with Gasteiger partial charge < -0.3 is 4.90 Å². The van der Waals surface area contributed by atoms with Gasteiger partial charge in [0.05, 0.1) is 10.6 Å². The molecule has 1 fully saturated rings. The van der Waals surface area contributed by atoms with E-state index in [-0.39, 0.29) is 5.54 Å². The average Bonchev–Trinajstić information content (AvgIpc) is 2.55. The number of rotatable bonds is 3. The number of hydrogen-bond acceptors (Lipinski definition) is 3. The van der Waals surface area contributed by atoms with E-state index in [9.17, 15) is 0 Å². The number of nitriles is 1. The topological polar surface area (TPSA) is 30.3 Å². The van der Waals surface area contributed by atoms with E-state index in [4.69, 9.17) is 16.9 Å². The SMILES string of the molecule is CC1(C)CN(Cc2ccccc2)CCN1c1ccc(C#N)c(Cl)c1. The predicted molar refractivity (Wildman–Crippen MR) is 99.3 cm³/mol. The van der Waals surface area contributed by atoms with E-state index in [0.717, 1.165) is 31.9 Å². The molecule has 0 bridgehead atoms. The van der Waals surface area contributed by atoms with Crippen LogP contribution in [0.15, 0.2) is 48.5 Å². The van der Waals surface area contributed by atoms with Crippen LogP contribution in [0.2, 0.25) is 5.02 Å². The molecule has 2 aromatic carbocycles. The summed E-state index contributed by atoms with van der Waals surface area (Å²) in [4.78, 5) is 4.89. The molecule has 0 unspecified atom stereocenters. The second-order valence-electron chi connectivity index (χ2n) is 6.94. The molecule has 0 radical (unpaired) electrons. The second kappa shape index (κ2) is 6.84. The molecule has 3 nitrogen and oxygen atoms in total. The molecule has 1 aliphatic heterocycles. The van der Waals surface area contributed by atoms with Crippen LogP contribution in [0.25, 0.3) is 0 Å². The van der Waals surface area contributed by atoms with E-state index in [2.05, 4.69) is 60.0 Å². The van der Waals surface area contributed by atoms with E-state index in [1.54, 1.807) is 0 Å². The van der Waals surface area contributed by atoms with Crippen molar-refractivity contribution < 1.29 is 0 Å². The summed E-state index contributed by atoms with van der Waals surface area (Å²) in [7, 11) is 0. The molecule has 3 rings (SSSR count). The normalized spacial score (nSPS) is 17.5. The molecule has 24 heavy (non-hydrogen) atoms. The highest BCUT2D eigenvalue weighted by atomic mass is 35.5. The van der Waals surface area contributed by atoms with Gasteiger partial charge >= 0.3 is 0 Å². The fourth-order valence-electron chi connectivity index (χ4n) is 3.47. The molecule has 1 saturated heterocycles. The van der Waals surface area contributed by atoms with Crippen molar-refractivity contribution in [1.82, 2.24) is 4.90 Å². The van der Waals surface area contributed by atoms with Gasteiger partial charge in [-0.2, -0.15) is 5.26 Å². The maximum Gasteiger partial charge on any atom is 0.101 e. The Hall–Kier alpha value is -2.02. The van der Waals surface area contributed by atoms with E-state index >= 15 is 0 Å². The van der Waals surface area contributed by atoms with E-state index < -0.39 is 0 Å². The highest BCUT2D eigenvalue weighted by Crippen LogP contribution is 2.31. The number of anilines is 1. The zero-order valence-corrected chi connectivity index (χ0v) is 14.9. The van der Waals surface area contributed by atoms with Crippen molar-refractivity contribution >= 4 is 17.3 Å². The fraction of sp³-hybridized carbons (Fsp3) is 0.350. The van der Waals surface area contributed by atoms with Gasteiger partial charge in [0, 0.05) is 37.4 Å². The van der Waals surface area contributed by atoms with Gasteiger partial charge in [-0.1, -0.05) is 41.9 Å². The molecule has 0 aliphatic carbocycles. The van der Waals surface area contributed by atoms with Crippen molar-refractivity contribution in [3.05, 3.63) is 64.7 Å².